The predicted molar refractivity (Wildman–Crippen MR) is 77.0 cm³/mol. The zero-order valence-electron chi connectivity index (χ0n) is 12.1. The zero-order valence-corrected chi connectivity index (χ0v) is 13.7. The third kappa shape index (κ3) is 4.22. The van der Waals surface area contributed by atoms with E-state index in [1.165, 1.54) is 7.05 Å². The Morgan fingerprint density at radius 2 is 1.86 bits per heavy atom. The van der Waals surface area contributed by atoms with Crippen LogP contribution in [0.4, 0.5) is 4.39 Å². The summed E-state index contributed by atoms with van der Waals surface area (Å²) in [6.07, 6.45) is 0.784. The van der Waals surface area contributed by atoms with Crippen molar-refractivity contribution in [2.75, 3.05) is 13.6 Å². The lowest BCUT2D eigenvalue weighted by molar-refractivity contribution is 0.391. The van der Waals surface area contributed by atoms with E-state index in [-0.39, 0.29) is 12.5 Å². The summed E-state index contributed by atoms with van der Waals surface area (Å²) in [7, 11) is -6.74. The number of halogens is 1. The van der Waals surface area contributed by atoms with Crippen molar-refractivity contribution in [2.24, 2.45) is 11.1 Å². The molecule has 0 spiro atoms. The van der Waals surface area contributed by atoms with Crippen LogP contribution in [-0.2, 0) is 20.0 Å². The average molecular weight is 338 g/mol. The molecule has 0 bridgehead atoms. The van der Waals surface area contributed by atoms with E-state index in [1.54, 1.807) is 0 Å². The molecule has 0 saturated heterocycles. The third-order valence-corrected chi connectivity index (χ3v) is 5.95. The highest BCUT2D eigenvalue weighted by Gasteiger charge is 2.26. The highest BCUT2D eigenvalue weighted by molar-refractivity contribution is 7.89. The van der Waals surface area contributed by atoms with E-state index in [9.17, 15) is 21.2 Å². The second-order valence-corrected chi connectivity index (χ2v) is 8.51. The molecule has 1 aromatic rings. The first-order chi connectivity index (χ1) is 9.50. The molecule has 0 fully saturated rings. The highest BCUT2D eigenvalue weighted by atomic mass is 32.2. The standard InChI is InChI=1S/C12H19FN2O4S2/c1-4-9(2)8-15(3)21(18,19)12-6-5-10(7-11(12)13)20(14,16)17/h5-7,9H,4,8H2,1-3H3,(H2,14,16,17). The molecule has 0 aromatic heterocycles. The Hall–Kier alpha value is -1.03. The summed E-state index contributed by atoms with van der Waals surface area (Å²) in [6.45, 7) is 4.05. The van der Waals surface area contributed by atoms with Crippen LogP contribution in [0.15, 0.2) is 28.0 Å². The van der Waals surface area contributed by atoms with Crippen molar-refractivity contribution in [3.8, 4) is 0 Å². The molecule has 6 nitrogen and oxygen atoms in total. The Balaban J connectivity index is 3.21. The largest absolute Gasteiger partial charge is 0.245 e. The van der Waals surface area contributed by atoms with E-state index < -0.39 is 35.7 Å². The molecule has 0 aliphatic rings. The van der Waals surface area contributed by atoms with Gasteiger partial charge in [0.1, 0.15) is 10.7 Å². The quantitative estimate of drug-likeness (QED) is 0.841. The number of hydrogen-bond donors (Lipinski definition) is 1. The van der Waals surface area contributed by atoms with E-state index in [4.69, 9.17) is 5.14 Å². The Bertz CT molecular complexity index is 717. The van der Waals surface area contributed by atoms with Crippen LogP contribution in [0.3, 0.4) is 0 Å². The van der Waals surface area contributed by atoms with Crippen molar-refractivity contribution in [3.63, 3.8) is 0 Å². The summed E-state index contributed by atoms with van der Waals surface area (Å²) < 4.78 is 61.8. The van der Waals surface area contributed by atoms with Crippen molar-refractivity contribution in [3.05, 3.63) is 24.0 Å². The Kier molecular flexibility index (Phi) is 5.48. The highest BCUT2D eigenvalue weighted by Crippen LogP contribution is 2.22. The SMILES string of the molecule is CCC(C)CN(C)S(=O)(=O)c1ccc(S(N)(=O)=O)cc1F. The van der Waals surface area contributed by atoms with Gasteiger partial charge in [0.2, 0.25) is 20.0 Å². The van der Waals surface area contributed by atoms with Crippen molar-refractivity contribution >= 4 is 20.0 Å². The van der Waals surface area contributed by atoms with Gasteiger partial charge in [-0.05, 0) is 24.1 Å². The Labute approximate surface area is 124 Å². The number of sulfonamides is 2. The minimum atomic E-state index is -4.08. The third-order valence-electron chi connectivity index (χ3n) is 3.19. The number of benzene rings is 1. The normalized spacial score (nSPS) is 14.4. The molecule has 0 amide bonds. The predicted octanol–water partition coefficient (Wildman–Crippen LogP) is 1.14. The maximum atomic E-state index is 13.9. The molecule has 1 unspecified atom stereocenters. The van der Waals surface area contributed by atoms with Gasteiger partial charge in [0.25, 0.3) is 0 Å². The van der Waals surface area contributed by atoms with E-state index in [0.29, 0.717) is 6.07 Å². The number of nitrogens with two attached hydrogens (primary N) is 1. The van der Waals surface area contributed by atoms with Gasteiger partial charge in [-0.25, -0.2) is 30.7 Å². The van der Waals surface area contributed by atoms with Gasteiger partial charge in [-0.15, -0.1) is 0 Å². The maximum Gasteiger partial charge on any atom is 0.245 e. The molecule has 0 saturated carbocycles. The van der Waals surface area contributed by atoms with Gasteiger partial charge in [-0.1, -0.05) is 20.3 Å². The van der Waals surface area contributed by atoms with Crippen LogP contribution < -0.4 is 5.14 Å². The van der Waals surface area contributed by atoms with Crippen molar-refractivity contribution in [2.45, 2.75) is 30.1 Å². The lowest BCUT2D eigenvalue weighted by atomic mass is 10.1. The second kappa shape index (κ2) is 6.39. The van der Waals surface area contributed by atoms with E-state index in [2.05, 4.69) is 0 Å². The lowest BCUT2D eigenvalue weighted by Crippen LogP contribution is -2.31. The van der Waals surface area contributed by atoms with E-state index in [1.807, 2.05) is 13.8 Å². The topological polar surface area (TPSA) is 97.5 Å². The van der Waals surface area contributed by atoms with Crippen molar-refractivity contribution in [1.29, 1.82) is 0 Å². The van der Waals surface area contributed by atoms with Crippen LogP contribution >= 0.6 is 0 Å². The van der Waals surface area contributed by atoms with Crippen LogP contribution in [-0.4, -0.2) is 34.7 Å². The molecule has 1 aromatic carbocycles. The number of rotatable bonds is 6. The van der Waals surface area contributed by atoms with Gasteiger partial charge < -0.3 is 0 Å². The summed E-state index contributed by atoms with van der Waals surface area (Å²) in [5.74, 6) is -1.02. The first-order valence-electron chi connectivity index (χ1n) is 6.28. The molecule has 2 N–H and O–H groups in total. The maximum absolute atomic E-state index is 13.9. The fourth-order valence-corrected chi connectivity index (χ4v) is 3.56. The number of primary sulfonamides is 1. The molecule has 120 valence electrons. The first kappa shape index (κ1) is 18.0. The Morgan fingerprint density at radius 3 is 2.29 bits per heavy atom. The van der Waals surface area contributed by atoms with Crippen molar-refractivity contribution in [1.82, 2.24) is 4.31 Å². The fourth-order valence-electron chi connectivity index (χ4n) is 1.70. The second-order valence-electron chi connectivity index (χ2n) is 4.94. The average Bonchev–Trinajstić information content (AvgIpc) is 2.36. The van der Waals surface area contributed by atoms with E-state index in [0.717, 1.165) is 22.9 Å². The van der Waals surface area contributed by atoms with Crippen molar-refractivity contribution < 1.29 is 21.2 Å². The smallest absolute Gasteiger partial charge is 0.225 e. The fraction of sp³-hybridized carbons (Fsp3) is 0.500. The Morgan fingerprint density at radius 1 is 1.29 bits per heavy atom. The van der Waals surface area contributed by atoms with E-state index >= 15 is 0 Å². The summed E-state index contributed by atoms with van der Waals surface area (Å²) in [6, 6.07) is 2.50. The number of nitrogens with zero attached hydrogens (tertiary/aromatic N) is 1. The molecule has 9 heteroatoms. The van der Waals surface area contributed by atoms with Crippen LogP contribution in [0.5, 0.6) is 0 Å². The number of hydrogen-bond acceptors (Lipinski definition) is 4. The zero-order chi connectivity index (χ0) is 16.4. The molecule has 1 rings (SSSR count). The van der Waals surface area contributed by atoms with Crippen LogP contribution in [0.1, 0.15) is 20.3 Å². The molecule has 0 aliphatic carbocycles. The van der Waals surface area contributed by atoms with Crippen LogP contribution in [0, 0.1) is 11.7 Å². The van der Waals surface area contributed by atoms with Gasteiger partial charge >= 0.3 is 0 Å². The van der Waals surface area contributed by atoms with Gasteiger partial charge in [0.05, 0.1) is 4.90 Å². The molecule has 21 heavy (non-hydrogen) atoms. The molecule has 0 heterocycles. The van der Waals surface area contributed by atoms with Crippen LogP contribution in [0.25, 0.3) is 0 Å². The summed E-state index contributed by atoms with van der Waals surface area (Å²) in [5.41, 5.74) is 0. The summed E-state index contributed by atoms with van der Waals surface area (Å²) in [4.78, 5) is -1.04. The molecule has 1 atom stereocenters. The summed E-state index contributed by atoms with van der Waals surface area (Å²) in [5, 5.41) is 4.87. The monoisotopic (exact) mass is 338 g/mol. The van der Waals surface area contributed by atoms with Crippen LogP contribution in [0.2, 0.25) is 0 Å². The minimum absolute atomic E-state index is 0.122. The molecular formula is C12H19FN2O4S2. The first-order valence-corrected chi connectivity index (χ1v) is 9.27. The van der Waals surface area contributed by atoms with Gasteiger partial charge in [-0.2, -0.15) is 0 Å². The molecule has 0 aliphatic heterocycles. The minimum Gasteiger partial charge on any atom is -0.225 e. The van der Waals surface area contributed by atoms with Gasteiger partial charge in [-0.3, -0.25) is 0 Å². The van der Waals surface area contributed by atoms with Gasteiger partial charge in [0, 0.05) is 13.6 Å². The molecular weight excluding hydrogens is 319 g/mol. The van der Waals surface area contributed by atoms with Gasteiger partial charge in [0.15, 0.2) is 0 Å². The lowest BCUT2D eigenvalue weighted by Gasteiger charge is -2.20. The molecule has 0 radical (unpaired) electrons. The summed E-state index contributed by atoms with van der Waals surface area (Å²) >= 11 is 0.